The molecule has 0 aliphatic rings. The molecule has 1 unspecified atom stereocenters. The van der Waals surface area contributed by atoms with E-state index < -0.39 is 17.8 Å². The maximum absolute atomic E-state index is 13.1. The Morgan fingerprint density at radius 2 is 2.07 bits per heavy atom. The van der Waals surface area contributed by atoms with Crippen molar-refractivity contribution >= 4 is 5.97 Å². The number of carbonyl (C=O) groups is 1. The van der Waals surface area contributed by atoms with E-state index in [1.807, 2.05) is 0 Å². The van der Waals surface area contributed by atoms with E-state index in [2.05, 4.69) is 4.74 Å². The quantitative estimate of drug-likeness (QED) is 0.522. The summed E-state index contributed by atoms with van der Waals surface area (Å²) < 4.78 is 30.7. The van der Waals surface area contributed by atoms with Crippen LogP contribution < -0.4 is 0 Å². The highest BCUT2D eigenvalue weighted by Gasteiger charge is 2.27. The summed E-state index contributed by atoms with van der Waals surface area (Å²) in [6.07, 6.45) is -0.857. The minimum atomic E-state index is -1.98. The third-order valence-electron chi connectivity index (χ3n) is 1.65. The number of hydrogen-bond acceptors (Lipinski definition) is 2. The maximum atomic E-state index is 13.1. The van der Waals surface area contributed by atoms with Gasteiger partial charge in [-0.1, -0.05) is 0 Å². The molecule has 0 saturated carbocycles. The van der Waals surface area contributed by atoms with E-state index in [4.69, 9.17) is 0 Å². The van der Waals surface area contributed by atoms with E-state index in [1.54, 1.807) is 6.92 Å². The van der Waals surface area contributed by atoms with Crippen molar-refractivity contribution in [2.75, 3.05) is 6.61 Å². The Kier molecular flexibility index (Phi) is 4.74. The van der Waals surface area contributed by atoms with Gasteiger partial charge in [-0.15, -0.1) is 0 Å². The minimum Gasteiger partial charge on any atom is -0.463 e. The highest BCUT2D eigenvalue weighted by Crippen LogP contribution is 2.20. The summed E-state index contributed by atoms with van der Waals surface area (Å²) in [6, 6.07) is 0. The number of carbonyl (C=O) groups excluding carboxylic acids is 1. The lowest BCUT2D eigenvalue weighted by atomic mass is 10.0. The molecule has 0 N–H and O–H groups in total. The van der Waals surface area contributed by atoms with Crippen LogP contribution in [-0.2, 0) is 9.53 Å². The van der Waals surface area contributed by atoms with Crippen molar-refractivity contribution in [2.45, 2.75) is 39.5 Å². The number of rotatable bonds is 4. The fourth-order valence-corrected chi connectivity index (χ4v) is 0.731. The van der Waals surface area contributed by atoms with Crippen molar-refractivity contribution in [1.29, 1.82) is 0 Å². The second-order valence-corrected chi connectivity index (χ2v) is 3.54. The van der Waals surface area contributed by atoms with Gasteiger partial charge in [0, 0.05) is 5.57 Å². The molecule has 0 amide bonds. The van der Waals surface area contributed by atoms with E-state index in [0.717, 1.165) is 19.9 Å². The monoisotopic (exact) mass is 206 g/mol. The molecule has 0 aromatic rings. The van der Waals surface area contributed by atoms with Gasteiger partial charge in [-0.25, -0.2) is 13.6 Å². The van der Waals surface area contributed by atoms with Crippen molar-refractivity contribution in [3.8, 4) is 0 Å². The van der Waals surface area contributed by atoms with Crippen LogP contribution in [0.5, 0.6) is 0 Å². The van der Waals surface area contributed by atoms with Gasteiger partial charge in [-0.2, -0.15) is 0 Å². The Labute approximate surface area is 82.9 Å². The fourth-order valence-electron chi connectivity index (χ4n) is 0.731. The van der Waals surface area contributed by atoms with Crippen molar-refractivity contribution in [2.24, 2.45) is 0 Å². The lowest BCUT2D eigenvalue weighted by Crippen LogP contribution is -2.26. The van der Waals surface area contributed by atoms with Crippen LogP contribution in [0.3, 0.4) is 0 Å². The summed E-state index contributed by atoms with van der Waals surface area (Å²) in [5.74, 6) is -0.612. The molecular formula is C10H16F2O2. The average molecular weight is 206 g/mol. The second kappa shape index (κ2) is 5.08. The second-order valence-electron chi connectivity index (χ2n) is 3.54. The van der Waals surface area contributed by atoms with E-state index in [0.29, 0.717) is 0 Å². The van der Waals surface area contributed by atoms with Crippen LogP contribution in [0, 0.1) is 0 Å². The van der Waals surface area contributed by atoms with Crippen LogP contribution >= 0.6 is 0 Å². The van der Waals surface area contributed by atoms with Crippen LogP contribution in [0.2, 0.25) is 0 Å². The Morgan fingerprint density at radius 1 is 1.57 bits per heavy atom. The van der Waals surface area contributed by atoms with Gasteiger partial charge in [0.15, 0.2) is 6.17 Å². The minimum absolute atomic E-state index is 0.0880. The first kappa shape index (κ1) is 13.1. The van der Waals surface area contributed by atoms with Crippen molar-refractivity contribution in [3.63, 3.8) is 0 Å². The van der Waals surface area contributed by atoms with Crippen LogP contribution in [-0.4, -0.2) is 24.4 Å². The molecule has 0 aliphatic carbocycles. The smallest absolute Gasteiger partial charge is 0.333 e. The molecule has 0 aliphatic heterocycles. The molecule has 82 valence electrons. The first-order valence-corrected chi connectivity index (χ1v) is 4.47. The SMILES string of the molecule is CCOC(=O)/C(C)=C/C(F)C(C)(C)F. The molecule has 0 bridgehead atoms. The third kappa shape index (κ3) is 4.35. The fraction of sp³-hybridized carbons (Fsp3) is 0.700. The number of hydrogen-bond donors (Lipinski definition) is 0. The zero-order chi connectivity index (χ0) is 11.4. The molecule has 0 saturated heterocycles. The van der Waals surface area contributed by atoms with E-state index in [-0.39, 0.29) is 12.2 Å². The molecule has 0 radical (unpaired) electrons. The van der Waals surface area contributed by atoms with Crippen molar-refractivity contribution < 1.29 is 18.3 Å². The molecule has 0 aromatic heterocycles. The summed E-state index contributed by atoms with van der Waals surface area (Å²) in [6.45, 7) is 5.51. The van der Waals surface area contributed by atoms with Gasteiger partial charge in [-0.05, 0) is 33.8 Å². The lowest BCUT2D eigenvalue weighted by Gasteiger charge is -2.16. The molecule has 0 rings (SSSR count). The lowest BCUT2D eigenvalue weighted by molar-refractivity contribution is -0.138. The Balaban J connectivity index is 4.44. The molecule has 2 nitrogen and oxygen atoms in total. The molecule has 0 fully saturated rings. The van der Waals surface area contributed by atoms with Crippen molar-refractivity contribution in [1.82, 2.24) is 0 Å². The van der Waals surface area contributed by atoms with Crippen LogP contribution in [0.4, 0.5) is 8.78 Å². The number of halogens is 2. The van der Waals surface area contributed by atoms with Gasteiger partial charge in [0.1, 0.15) is 5.67 Å². The largest absolute Gasteiger partial charge is 0.463 e. The molecule has 1 atom stereocenters. The van der Waals surface area contributed by atoms with E-state index in [9.17, 15) is 13.6 Å². The summed E-state index contributed by atoms with van der Waals surface area (Å²) in [5.41, 5.74) is -1.89. The first-order chi connectivity index (χ1) is 6.29. The first-order valence-electron chi connectivity index (χ1n) is 4.47. The molecule has 4 heteroatoms. The predicted molar refractivity (Wildman–Crippen MR) is 50.5 cm³/mol. The molecular weight excluding hydrogens is 190 g/mol. The number of esters is 1. The summed E-state index contributed by atoms with van der Waals surface area (Å²) in [7, 11) is 0. The predicted octanol–water partition coefficient (Wildman–Crippen LogP) is 2.58. The van der Waals surface area contributed by atoms with Gasteiger partial charge in [0.05, 0.1) is 6.61 Å². The van der Waals surface area contributed by atoms with E-state index in [1.165, 1.54) is 6.92 Å². The number of alkyl halides is 2. The Bertz CT molecular complexity index is 229. The van der Waals surface area contributed by atoms with Gasteiger partial charge < -0.3 is 4.74 Å². The number of ether oxygens (including phenoxy) is 1. The summed E-state index contributed by atoms with van der Waals surface area (Å²) >= 11 is 0. The van der Waals surface area contributed by atoms with Gasteiger partial charge in [-0.3, -0.25) is 0 Å². The topological polar surface area (TPSA) is 26.3 Å². The third-order valence-corrected chi connectivity index (χ3v) is 1.65. The van der Waals surface area contributed by atoms with Crippen LogP contribution in [0.1, 0.15) is 27.7 Å². The number of allylic oxidation sites excluding steroid dienone is 1. The zero-order valence-corrected chi connectivity index (χ0v) is 8.93. The van der Waals surface area contributed by atoms with Crippen LogP contribution in [0.15, 0.2) is 11.6 Å². The highest BCUT2D eigenvalue weighted by atomic mass is 19.2. The average Bonchev–Trinajstić information content (AvgIpc) is 2.02. The highest BCUT2D eigenvalue weighted by molar-refractivity contribution is 5.87. The Hall–Kier alpha value is -0.930. The molecule has 0 heterocycles. The van der Waals surface area contributed by atoms with Gasteiger partial charge >= 0.3 is 5.97 Å². The van der Waals surface area contributed by atoms with Gasteiger partial charge in [0.25, 0.3) is 0 Å². The zero-order valence-electron chi connectivity index (χ0n) is 8.93. The maximum Gasteiger partial charge on any atom is 0.333 e. The van der Waals surface area contributed by atoms with Crippen LogP contribution in [0.25, 0.3) is 0 Å². The molecule has 0 spiro atoms. The summed E-state index contributed by atoms with van der Waals surface area (Å²) in [5, 5.41) is 0. The standard InChI is InChI=1S/C10H16F2O2/c1-5-14-9(13)7(2)6-8(11)10(3,4)12/h6,8H,5H2,1-4H3/b7-6+. The van der Waals surface area contributed by atoms with E-state index >= 15 is 0 Å². The van der Waals surface area contributed by atoms with Gasteiger partial charge in [0.2, 0.25) is 0 Å². The molecule has 14 heavy (non-hydrogen) atoms. The molecule has 0 aromatic carbocycles. The Morgan fingerprint density at radius 3 is 2.43 bits per heavy atom. The normalized spacial score (nSPS) is 15.1. The summed E-state index contributed by atoms with van der Waals surface area (Å²) in [4.78, 5) is 11.0. The van der Waals surface area contributed by atoms with Crippen molar-refractivity contribution in [3.05, 3.63) is 11.6 Å².